The zero-order valence-electron chi connectivity index (χ0n) is 10.2. The standard InChI is InChI=1S/C13H14N2O2S/c1-8-5-12(14-7-13(16)17)15-11-6-9(18-2)3-4-10(8)11/h3-6H,7H2,1-2H3,(H,14,15)(H,16,17). The first-order valence-electron chi connectivity index (χ1n) is 5.51. The molecule has 1 aromatic heterocycles. The molecule has 0 unspecified atom stereocenters. The number of hydrogen-bond acceptors (Lipinski definition) is 4. The molecule has 0 atom stereocenters. The Labute approximate surface area is 109 Å². The van der Waals surface area contributed by atoms with Crippen molar-refractivity contribution in [1.29, 1.82) is 0 Å². The van der Waals surface area contributed by atoms with E-state index < -0.39 is 5.97 Å². The molecule has 18 heavy (non-hydrogen) atoms. The Balaban J connectivity index is 2.42. The molecule has 0 saturated carbocycles. The monoisotopic (exact) mass is 262 g/mol. The van der Waals surface area contributed by atoms with Crippen molar-refractivity contribution in [1.82, 2.24) is 4.98 Å². The topological polar surface area (TPSA) is 62.2 Å². The maximum Gasteiger partial charge on any atom is 0.322 e. The van der Waals surface area contributed by atoms with Crippen molar-refractivity contribution in [2.75, 3.05) is 18.1 Å². The molecule has 1 aromatic carbocycles. The number of aliphatic carboxylic acids is 1. The molecule has 94 valence electrons. The van der Waals surface area contributed by atoms with Gasteiger partial charge in [0.1, 0.15) is 12.4 Å². The van der Waals surface area contributed by atoms with Crippen molar-refractivity contribution in [3.8, 4) is 0 Å². The van der Waals surface area contributed by atoms with Gasteiger partial charge >= 0.3 is 5.97 Å². The summed E-state index contributed by atoms with van der Waals surface area (Å²) in [5.74, 6) is -0.298. The molecular formula is C13H14N2O2S. The highest BCUT2D eigenvalue weighted by Crippen LogP contribution is 2.24. The Kier molecular flexibility index (Phi) is 3.72. The largest absolute Gasteiger partial charge is 0.480 e. The second-order valence-electron chi connectivity index (χ2n) is 3.95. The van der Waals surface area contributed by atoms with E-state index in [0.717, 1.165) is 21.4 Å². The molecule has 0 spiro atoms. The molecule has 0 saturated heterocycles. The van der Waals surface area contributed by atoms with Gasteiger partial charge in [-0.15, -0.1) is 11.8 Å². The lowest BCUT2D eigenvalue weighted by Gasteiger charge is -2.08. The molecule has 0 fully saturated rings. The van der Waals surface area contributed by atoms with Crippen LogP contribution in [0.4, 0.5) is 5.82 Å². The molecule has 4 nitrogen and oxygen atoms in total. The molecule has 0 aliphatic rings. The van der Waals surface area contributed by atoms with Crippen molar-refractivity contribution in [2.24, 2.45) is 0 Å². The molecule has 0 bridgehead atoms. The van der Waals surface area contributed by atoms with E-state index in [9.17, 15) is 4.79 Å². The molecule has 5 heteroatoms. The summed E-state index contributed by atoms with van der Waals surface area (Å²) in [5, 5.41) is 12.5. The predicted octanol–water partition coefficient (Wildman–Crippen LogP) is 2.76. The smallest absolute Gasteiger partial charge is 0.322 e. The fourth-order valence-corrected chi connectivity index (χ4v) is 2.20. The SMILES string of the molecule is CSc1ccc2c(C)cc(NCC(=O)O)nc2c1. The van der Waals surface area contributed by atoms with Gasteiger partial charge in [-0.1, -0.05) is 6.07 Å². The first-order valence-corrected chi connectivity index (χ1v) is 6.73. The van der Waals surface area contributed by atoms with Gasteiger partial charge in [0.05, 0.1) is 5.52 Å². The first-order chi connectivity index (χ1) is 8.60. The van der Waals surface area contributed by atoms with Crippen molar-refractivity contribution in [2.45, 2.75) is 11.8 Å². The number of nitrogens with one attached hydrogen (secondary N) is 1. The number of aromatic nitrogens is 1. The summed E-state index contributed by atoms with van der Waals surface area (Å²) >= 11 is 1.66. The first kappa shape index (κ1) is 12.7. The number of pyridine rings is 1. The Bertz CT molecular complexity index is 599. The number of benzene rings is 1. The van der Waals surface area contributed by atoms with E-state index in [1.165, 1.54) is 0 Å². The van der Waals surface area contributed by atoms with Crippen LogP contribution in [0.15, 0.2) is 29.2 Å². The second-order valence-corrected chi connectivity index (χ2v) is 4.83. The van der Waals surface area contributed by atoms with E-state index in [1.807, 2.05) is 31.4 Å². The number of carbonyl (C=O) groups is 1. The predicted molar refractivity (Wildman–Crippen MR) is 74.4 cm³/mol. The number of nitrogens with zero attached hydrogens (tertiary/aromatic N) is 1. The third-order valence-electron chi connectivity index (χ3n) is 2.64. The maximum atomic E-state index is 10.5. The second kappa shape index (κ2) is 5.27. The van der Waals surface area contributed by atoms with Crippen LogP contribution in [0.2, 0.25) is 0 Å². The summed E-state index contributed by atoms with van der Waals surface area (Å²) in [6, 6.07) is 7.99. The maximum absolute atomic E-state index is 10.5. The van der Waals surface area contributed by atoms with E-state index in [1.54, 1.807) is 11.8 Å². The van der Waals surface area contributed by atoms with Crippen molar-refractivity contribution < 1.29 is 9.90 Å². The highest BCUT2D eigenvalue weighted by molar-refractivity contribution is 7.98. The average molecular weight is 262 g/mol. The van der Waals surface area contributed by atoms with E-state index >= 15 is 0 Å². The summed E-state index contributed by atoms with van der Waals surface area (Å²) in [6.45, 7) is 1.87. The summed E-state index contributed by atoms with van der Waals surface area (Å²) < 4.78 is 0. The Hall–Kier alpha value is -1.75. The van der Waals surface area contributed by atoms with Gasteiger partial charge in [0, 0.05) is 10.3 Å². The Morgan fingerprint density at radius 3 is 2.89 bits per heavy atom. The number of fused-ring (bicyclic) bond motifs is 1. The lowest BCUT2D eigenvalue weighted by atomic mass is 10.1. The summed E-state index contributed by atoms with van der Waals surface area (Å²) in [6.07, 6.45) is 2.01. The number of carboxylic acid groups (broad SMARTS) is 1. The van der Waals surface area contributed by atoms with Crippen LogP contribution in [-0.2, 0) is 4.79 Å². The highest BCUT2D eigenvalue weighted by atomic mass is 32.2. The lowest BCUT2D eigenvalue weighted by molar-refractivity contribution is -0.134. The fraction of sp³-hybridized carbons (Fsp3) is 0.231. The summed E-state index contributed by atoms with van der Waals surface area (Å²) in [7, 11) is 0. The third-order valence-corrected chi connectivity index (χ3v) is 3.37. The molecule has 0 aliphatic carbocycles. The molecule has 2 aromatic rings. The number of aryl methyl sites for hydroxylation is 1. The van der Waals surface area contributed by atoms with Crippen LogP contribution >= 0.6 is 11.8 Å². The molecule has 0 amide bonds. The van der Waals surface area contributed by atoms with Gasteiger partial charge in [-0.2, -0.15) is 0 Å². The zero-order valence-corrected chi connectivity index (χ0v) is 11.0. The summed E-state index contributed by atoms with van der Waals surface area (Å²) in [4.78, 5) is 16.1. The van der Waals surface area contributed by atoms with Gasteiger partial charge < -0.3 is 10.4 Å². The molecular weight excluding hydrogens is 248 g/mol. The van der Waals surface area contributed by atoms with Crippen LogP contribution in [0.5, 0.6) is 0 Å². The quantitative estimate of drug-likeness (QED) is 0.830. The molecule has 1 heterocycles. The van der Waals surface area contributed by atoms with Gasteiger partial charge in [0.2, 0.25) is 0 Å². The molecule has 0 radical (unpaired) electrons. The normalized spacial score (nSPS) is 10.6. The van der Waals surface area contributed by atoms with E-state index in [0.29, 0.717) is 5.82 Å². The van der Waals surface area contributed by atoms with Gasteiger partial charge in [0.25, 0.3) is 0 Å². The Morgan fingerprint density at radius 2 is 2.22 bits per heavy atom. The number of thioether (sulfide) groups is 1. The van der Waals surface area contributed by atoms with Crippen LogP contribution in [0.1, 0.15) is 5.56 Å². The minimum atomic E-state index is -0.896. The van der Waals surface area contributed by atoms with E-state index in [-0.39, 0.29) is 6.54 Å². The average Bonchev–Trinajstić information content (AvgIpc) is 2.35. The molecule has 2 rings (SSSR count). The third kappa shape index (κ3) is 2.73. The van der Waals surface area contributed by atoms with Crippen LogP contribution < -0.4 is 5.32 Å². The molecule has 0 aliphatic heterocycles. The van der Waals surface area contributed by atoms with Gasteiger partial charge in [-0.05, 0) is 36.9 Å². The van der Waals surface area contributed by atoms with Gasteiger partial charge in [0.15, 0.2) is 0 Å². The molecule has 2 N–H and O–H groups in total. The minimum Gasteiger partial charge on any atom is -0.480 e. The van der Waals surface area contributed by atoms with Crippen LogP contribution in [-0.4, -0.2) is 28.9 Å². The van der Waals surface area contributed by atoms with Crippen LogP contribution in [0.25, 0.3) is 10.9 Å². The van der Waals surface area contributed by atoms with Crippen LogP contribution in [0.3, 0.4) is 0 Å². The van der Waals surface area contributed by atoms with Gasteiger partial charge in [-0.25, -0.2) is 4.98 Å². The van der Waals surface area contributed by atoms with E-state index in [2.05, 4.69) is 16.4 Å². The Morgan fingerprint density at radius 1 is 1.44 bits per heavy atom. The van der Waals surface area contributed by atoms with E-state index in [4.69, 9.17) is 5.11 Å². The van der Waals surface area contributed by atoms with Gasteiger partial charge in [-0.3, -0.25) is 4.79 Å². The van der Waals surface area contributed by atoms with Crippen molar-refractivity contribution in [3.63, 3.8) is 0 Å². The number of hydrogen-bond donors (Lipinski definition) is 2. The van der Waals surface area contributed by atoms with Crippen LogP contribution in [0, 0.1) is 6.92 Å². The number of rotatable bonds is 4. The number of anilines is 1. The fourth-order valence-electron chi connectivity index (χ4n) is 1.77. The lowest BCUT2D eigenvalue weighted by Crippen LogP contribution is -2.13. The minimum absolute atomic E-state index is 0.125. The highest BCUT2D eigenvalue weighted by Gasteiger charge is 2.05. The summed E-state index contributed by atoms with van der Waals surface area (Å²) in [5.41, 5.74) is 1.97. The van der Waals surface area contributed by atoms with Crippen molar-refractivity contribution in [3.05, 3.63) is 29.8 Å². The zero-order chi connectivity index (χ0) is 13.1. The number of carboxylic acids is 1. The van der Waals surface area contributed by atoms with Crippen molar-refractivity contribution >= 4 is 34.5 Å².